The Bertz CT molecular complexity index is 853. The molecule has 0 aromatic carbocycles. The van der Waals surface area contributed by atoms with Crippen molar-refractivity contribution in [1.29, 1.82) is 0 Å². The van der Waals surface area contributed by atoms with Crippen LogP contribution in [-0.4, -0.2) is 43.3 Å². The first-order valence-electron chi connectivity index (χ1n) is 21.9. The molecule has 0 aliphatic rings. The minimum atomic E-state index is -4.29. The molecule has 0 aliphatic heterocycles. The molecule has 308 valence electrons. The third-order valence-corrected chi connectivity index (χ3v) is 10.4. The summed E-state index contributed by atoms with van der Waals surface area (Å²) in [5, 5.41) is 0. The third-order valence-electron chi connectivity index (χ3n) is 9.44. The molecular weight excluding hydrogens is 673 g/mol. The number of allylic oxidation sites excluding steroid dienone is 3. The van der Waals surface area contributed by atoms with Gasteiger partial charge in [0.1, 0.15) is 6.61 Å². The molecule has 9 heteroatoms. The van der Waals surface area contributed by atoms with E-state index in [4.69, 9.17) is 24.3 Å². The number of phosphoric acid groups is 1. The Hall–Kier alpha value is -1.18. The molecule has 0 heterocycles. The van der Waals surface area contributed by atoms with Gasteiger partial charge in [0.2, 0.25) is 0 Å². The number of ether oxygens (including phenoxy) is 2. The van der Waals surface area contributed by atoms with E-state index in [1.807, 2.05) is 6.08 Å². The van der Waals surface area contributed by atoms with Gasteiger partial charge in [0, 0.05) is 13.0 Å². The van der Waals surface area contributed by atoms with Gasteiger partial charge in [-0.2, -0.15) is 0 Å². The lowest BCUT2D eigenvalue weighted by atomic mass is 10.0. The van der Waals surface area contributed by atoms with Gasteiger partial charge >= 0.3 is 13.8 Å². The molecule has 0 bridgehead atoms. The Kier molecular flexibility index (Phi) is 40.1. The van der Waals surface area contributed by atoms with Crippen molar-refractivity contribution in [2.75, 3.05) is 26.4 Å². The van der Waals surface area contributed by atoms with Gasteiger partial charge in [-0.1, -0.05) is 174 Å². The number of phosphoric ester groups is 1. The predicted octanol–water partition coefficient (Wildman–Crippen LogP) is 13.2. The van der Waals surface area contributed by atoms with Gasteiger partial charge in [0.05, 0.1) is 19.5 Å². The number of carbonyl (C=O) groups excluding carboxylic acids is 1. The Balaban J connectivity index is 4.06. The number of esters is 1. The van der Waals surface area contributed by atoms with E-state index < -0.39 is 13.9 Å². The number of carbonyl (C=O) groups is 1. The summed E-state index contributed by atoms with van der Waals surface area (Å²) < 4.78 is 33.2. The minimum absolute atomic E-state index is 0.0310. The molecule has 0 spiro atoms. The molecule has 0 rings (SSSR count). The van der Waals surface area contributed by atoms with Crippen LogP contribution in [0.1, 0.15) is 213 Å². The summed E-state index contributed by atoms with van der Waals surface area (Å²) in [6.45, 7) is 4.25. The monoisotopic (exact) mass is 758 g/mol. The topological polar surface area (TPSA) is 117 Å². The zero-order chi connectivity index (χ0) is 38.1. The summed E-state index contributed by atoms with van der Waals surface area (Å²) in [4.78, 5) is 22.4. The van der Waals surface area contributed by atoms with E-state index in [1.54, 1.807) is 6.26 Å². The van der Waals surface area contributed by atoms with E-state index in [-0.39, 0.29) is 32.3 Å². The fraction of sp³-hybridized carbons (Fsp3) is 0.884. The Labute approximate surface area is 321 Å². The van der Waals surface area contributed by atoms with E-state index >= 15 is 0 Å². The van der Waals surface area contributed by atoms with Crippen molar-refractivity contribution < 1.29 is 32.8 Å². The van der Waals surface area contributed by atoms with Crippen molar-refractivity contribution in [3.05, 3.63) is 24.5 Å². The Morgan fingerprint density at radius 2 is 0.981 bits per heavy atom. The lowest BCUT2D eigenvalue weighted by Crippen LogP contribution is -2.27. The van der Waals surface area contributed by atoms with Gasteiger partial charge in [-0.05, 0) is 51.0 Å². The molecule has 0 radical (unpaired) electrons. The zero-order valence-electron chi connectivity index (χ0n) is 34.1. The zero-order valence-corrected chi connectivity index (χ0v) is 35.0. The van der Waals surface area contributed by atoms with E-state index in [9.17, 15) is 14.3 Å². The molecule has 2 atom stereocenters. The molecule has 0 saturated carbocycles. The standard InChI is InChI=1S/C43H84NO7P/c1-3-5-7-9-11-13-15-17-19-21-22-24-26-28-30-32-34-36-43(45)51-42(41-50-52(46,47)49-39-37-44)40-48-38-35-33-31-29-27-25-23-20-18-16-14-12-10-8-6-4-2/h18,20,35,38,42H,3-17,19,21-34,36-37,39-41,44H2,1-2H3,(H,46,47)/t42-/m1/s1. The quantitative estimate of drug-likeness (QED) is 0.0208. The maximum absolute atomic E-state index is 12.6. The molecule has 3 N–H and O–H groups in total. The fourth-order valence-electron chi connectivity index (χ4n) is 6.19. The highest BCUT2D eigenvalue weighted by Crippen LogP contribution is 2.43. The van der Waals surface area contributed by atoms with Crippen LogP contribution in [0.2, 0.25) is 0 Å². The maximum atomic E-state index is 12.6. The van der Waals surface area contributed by atoms with Gasteiger partial charge < -0.3 is 20.1 Å². The van der Waals surface area contributed by atoms with Gasteiger partial charge in [0.25, 0.3) is 0 Å². The van der Waals surface area contributed by atoms with Crippen molar-refractivity contribution in [1.82, 2.24) is 0 Å². The molecule has 52 heavy (non-hydrogen) atoms. The van der Waals surface area contributed by atoms with E-state index in [2.05, 4.69) is 26.0 Å². The normalized spacial score (nSPS) is 13.6. The second-order valence-corrected chi connectivity index (χ2v) is 16.1. The molecule has 0 aromatic rings. The van der Waals surface area contributed by atoms with Crippen molar-refractivity contribution in [3.63, 3.8) is 0 Å². The first-order valence-corrected chi connectivity index (χ1v) is 23.4. The highest BCUT2D eigenvalue weighted by Gasteiger charge is 2.25. The van der Waals surface area contributed by atoms with Crippen LogP contribution in [-0.2, 0) is 27.9 Å². The van der Waals surface area contributed by atoms with Crippen molar-refractivity contribution in [2.45, 2.75) is 219 Å². The van der Waals surface area contributed by atoms with Crippen molar-refractivity contribution >= 4 is 13.8 Å². The summed E-state index contributed by atoms with van der Waals surface area (Å²) in [6.07, 6.45) is 45.7. The highest BCUT2D eigenvalue weighted by molar-refractivity contribution is 7.47. The van der Waals surface area contributed by atoms with E-state index in [1.165, 1.54) is 154 Å². The van der Waals surface area contributed by atoms with Crippen LogP contribution in [0.3, 0.4) is 0 Å². The Morgan fingerprint density at radius 3 is 1.42 bits per heavy atom. The number of hydrogen-bond donors (Lipinski definition) is 2. The molecule has 0 amide bonds. The van der Waals surface area contributed by atoms with Crippen LogP contribution >= 0.6 is 7.82 Å². The summed E-state index contributed by atoms with van der Waals surface area (Å²) in [6, 6.07) is 0. The molecular formula is C43H84NO7P. The van der Waals surface area contributed by atoms with Crippen molar-refractivity contribution in [2.24, 2.45) is 5.73 Å². The van der Waals surface area contributed by atoms with Crippen LogP contribution in [0, 0.1) is 0 Å². The minimum Gasteiger partial charge on any atom is -0.498 e. The van der Waals surface area contributed by atoms with Gasteiger partial charge in [0.15, 0.2) is 6.10 Å². The van der Waals surface area contributed by atoms with E-state index in [0.29, 0.717) is 6.42 Å². The Morgan fingerprint density at radius 1 is 0.577 bits per heavy atom. The number of nitrogens with two attached hydrogens (primary N) is 1. The number of unbranched alkanes of at least 4 members (excludes halogenated alkanes) is 27. The molecule has 0 aromatic heterocycles. The van der Waals surface area contributed by atoms with Crippen LogP contribution in [0.5, 0.6) is 0 Å². The third kappa shape index (κ3) is 40.0. The number of hydrogen-bond acceptors (Lipinski definition) is 7. The first kappa shape index (κ1) is 50.8. The molecule has 0 saturated heterocycles. The second-order valence-electron chi connectivity index (χ2n) is 14.6. The summed E-state index contributed by atoms with van der Waals surface area (Å²) >= 11 is 0. The summed E-state index contributed by atoms with van der Waals surface area (Å²) in [5.74, 6) is -0.352. The number of rotatable bonds is 42. The largest absolute Gasteiger partial charge is 0.498 e. The van der Waals surface area contributed by atoms with Crippen molar-refractivity contribution in [3.8, 4) is 0 Å². The highest BCUT2D eigenvalue weighted by atomic mass is 31.2. The van der Waals surface area contributed by atoms with E-state index in [0.717, 1.165) is 38.5 Å². The molecule has 0 fully saturated rings. The summed E-state index contributed by atoms with van der Waals surface area (Å²) in [5.41, 5.74) is 5.36. The van der Waals surface area contributed by atoms with Crippen LogP contribution in [0.15, 0.2) is 24.5 Å². The van der Waals surface area contributed by atoms with Crippen LogP contribution in [0.4, 0.5) is 0 Å². The smallest absolute Gasteiger partial charge is 0.472 e. The summed E-state index contributed by atoms with van der Waals surface area (Å²) in [7, 11) is -4.29. The molecule has 0 aliphatic carbocycles. The van der Waals surface area contributed by atoms with Gasteiger partial charge in [-0.3, -0.25) is 13.8 Å². The van der Waals surface area contributed by atoms with Crippen LogP contribution in [0.25, 0.3) is 0 Å². The molecule has 1 unspecified atom stereocenters. The SMILES string of the molecule is CCCCCCCCC=CCCCCCCC=COC[C@H](COP(=O)(O)OCCN)OC(=O)CCCCCCCCCCCCCCCCCCC. The lowest BCUT2D eigenvalue weighted by Gasteiger charge is -2.19. The average molecular weight is 758 g/mol. The van der Waals surface area contributed by atoms with Gasteiger partial charge in [-0.15, -0.1) is 0 Å². The van der Waals surface area contributed by atoms with Crippen LogP contribution < -0.4 is 5.73 Å². The maximum Gasteiger partial charge on any atom is 0.472 e. The predicted molar refractivity (Wildman–Crippen MR) is 219 cm³/mol. The fourth-order valence-corrected chi connectivity index (χ4v) is 6.96. The lowest BCUT2D eigenvalue weighted by molar-refractivity contribution is -0.153. The van der Waals surface area contributed by atoms with Gasteiger partial charge in [-0.25, -0.2) is 4.57 Å². The first-order chi connectivity index (χ1) is 25.4. The molecule has 8 nitrogen and oxygen atoms in total. The average Bonchev–Trinajstić information content (AvgIpc) is 3.13. The second kappa shape index (κ2) is 41.0.